The molecule has 2 aromatic rings. The zero-order chi connectivity index (χ0) is 19.1. The Morgan fingerprint density at radius 3 is 2.26 bits per heavy atom. The number of carbonyl (C=O) groups is 2. The minimum absolute atomic E-state index is 0.0793. The molecule has 5 heteroatoms. The molecule has 1 amide bonds. The summed E-state index contributed by atoms with van der Waals surface area (Å²) in [5, 5.41) is 2.87. The lowest BCUT2D eigenvalue weighted by atomic mass is 9.90. The molecule has 1 aliphatic rings. The van der Waals surface area contributed by atoms with Crippen LogP contribution in [0.1, 0.15) is 30.4 Å². The van der Waals surface area contributed by atoms with Crippen molar-refractivity contribution in [3.8, 4) is 0 Å². The summed E-state index contributed by atoms with van der Waals surface area (Å²) >= 11 is 0. The Morgan fingerprint density at radius 1 is 1.11 bits per heavy atom. The van der Waals surface area contributed by atoms with Gasteiger partial charge < -0.3 is 10.1 Å². The molecule has 1 atom stereocenters. The molecule has 0 bridgehead atoms. The molecular formula is C22H26N2O3. The van der Waals surface area contributed by atoms with Gasteiger partial charge in [0, 0.05) is 25.6 Å². The van der Waals surface area contributed by atoms with E-state index in [0.717, 1.165) is 0 Å². The second-order valence-electron chi connectivity index (χ2n) is 6.68. The summed E-state index contributed by atoms with van der Waals surface area (Å²) in [5.41, 5.74) is 2.40. The van der Waals surface area contributed by atoms with Crippen molar-refractivity contribution in [2.45, 2.75) is 25.3 Å². The number of amides is 1. The predicted octanol–water partition coefficient (Wildman–Crippen LogP) is 2.57. The van der Waals surface area contributed by atoms with E-state index in [4.69, 9.17) is 4.74 Å². The van der Waals surface area contributed by atoms with Crippen LogP contribution in [0.5, 0.6) is 0 Å². The van der Waals surface area contributed by atoms with Gasteiger partial charge in [-0.05, 0) is 18.1 Å². The van der Waals surface area contributed by atoms with Crippen molar-refractivity contribution in [1.29, 1.82) is 0 Å². The Morgan fingerprint density at radius 2 is 1.70 bits per heavy atom. The van der Waals surface area contributed by atoms with E-state index in [2.05, 4.69) is 34.5 Å². The number of hydrogen-bond acceptors (Lipinski definition) is 4. The van der Waals surface area contributed by atoms with E-state index < -0.39 is 6.04 Å². The summed E-state index contributed by atoms with van der Waals surface area (Å²) in [6, 6.07) is 20.1. The molecule has 27 heavy (non-hydrogen) atoms. The van der Waals surface area contributed by atoms with Gasteiger partial charge in [-0.15, -0.1) is 0 Å². The van der Waals surface area contributed by atoms with Crippen molar-refractivity contribution >= 4 is 11.9 Å². The second kappa shape index (κ2) is 9.33. The first-order chi connectivity index (χ1) is 13.2. The molecular weight excluding hydrogens is 340 g/mol. The highest BCUT2D eigenvalue weighted by Crippen LogP contribution is 2.27. The fourth-order valence-electron chi connectivity index (χ4n) is 3.59. The van der Waals surface area contributed by atoms with Crippen LogP contribution in [0.2, 0.25) is 0 Å². The molecule has 0 aromatic heterocycles. The van der Waals surface area contributed by atoms with Crippen molar-refractivity contribution in [2.75, 3.05) is 26.2 Å². The molecule has 0 aliphatic carbocycles. The van der Waals surface area contributed by atoms with E-state index >= 15 is 0 Å². The van der Waals surface area contributed by atoms with Gasteiger partial charge in [0.1, 0.15) is 0 Å². The first-order valence-corrected chi connectivity index (χ1v) is 9.46. The molecule has 2 aromatic carbocycles. The summed E-state index contributed by atoms with van der Waals surface area (Å²) in [6.07, 6.45) is 0.0793. The number of hydrogen-bond donors (Lipinski definition) is 1. The van der Waals surface area contributed by atoms with Gasteiger partial charge in [0.2, 0.25) is 5.91 Å². The van der Waals surface area contributed by atoms with Crippen molar-refractivity contribution in [1.82, 2.24) is 10.2 Å². The molecule has 3 rings (SSSR count). The lowest BCUT2D eigenvalue weighted by molar-refractivity contribution is -0.148. The third-order valence-electron chi connectivity index (χ3n) is 4.93. The maximum atomic E-state index is 12.4. The lowest BCUT2D eigenvalue weighted by Crippen LogP contribution is -2.56. The SMILES string of the molecule is CCOC(=O)C[C@@H]1C(=O)NCCN1CC(c1ccccc1)c1ccccc1. The summed E-state index contributed by atoms with van der Waals surface area (Å²) in [7, 11) is 0. The van der Waals surface area contributed by atoms with E-state index in [1.165, 1.54) is 11.1 Å². The third-order valence-corrected chi connectivity index (χ3v) is 4.93. The van der Waals surface area contributed by atoms with Crippen molar-refractivity contribution in [2.24, 2.45) is 0 Å². The first-order valence-electron chi connectivity index (χ1n) is 9.46. The highest BCUT2D eigenvalue weighted by molar-refractivity contribution is 5.87. The zero-order valence-electron chi connectivity index (χ0n) is 15.6. The van der Waals surface area contributed by atoms with Crippen LogP contribution in [0.15, 0.2) is 60.7 Å². The van der Waals surface area contributed by atoms with Gasteiger partial charge in [0.25, 0.3) is 0 Å². The van der Waals surface area contributed by atoms with E-state index in [1.807, 2.05) is 36.4 Å². The molecule has 142 valence electrons. The maximum absolute atomic E-state index is 12.4. The summed E-state index contributed by atoms with van der Waals surface area (Å²) in [5.74, 6) is -0.308. The standard InChI is InChI=1S/C22H26N2O3/c1-2-27-21(25)15-20-22(26)23-13-14-24(20)16-19(17-9-5-3-6-10-17)18-11-7-4-8-12-18/h3-12,19-20H,2,13-16H2,1H3,(H,23,26)/t20-/m1/s1. The van der Waals surface area contributed by atoms with Crippen molar-refractivity contribution in [3.63, 3.8) is 0 Å². The summed E-state index contributed by atoms with van der Waals surface area (Å²) in [6.45, 7) is 4.08. The number of piperazine rings is 1. The van der Waals surface area contributed by atoms with Gasteiger partial charge >= 0.3 is 5.97 Å². The number of nitrogens with one attached hydrogen (secondary N) is 1. The van der Waals surface area contributed by atoms with Crippen molar-refractivity contribution in [3.05, 3.63) is 71.8 Å². The normalized spacial score (nSPS) is 17.6. The maximum Gasteiger partial charge on any atom is 0.307 e. The number of esters is 1. The minimum atomic E-state index is -0.493. The average molecular weight is 366 g/mol. The molecule has 0 unspecified atom stereocenters. The van der Waals surface area contributed by atoms with Gasteiger partial charge in [0.05, 0.1) is 19.1 Å². The summed E-state index contributed by atoms with van der Waals surface area (Å²) in [4.78, 5) is 26.5. The lowest BCUT2D eigenvalue weighted by Gasteiger charge is -2.37. The largest absolute Gasteiger partial charge is 0.466 e. The Labute approximate surface area is 160 Å². The number of benzene rings is 2. The highest BCUT2D eigenvalue weighted by Gasteiger charge is 2.33. The van der Waals surface area contributed by atoms with Crippen LogP contribution in [-0.4, -0.2) is 49.1 Å². The zero-order valence-corrected chi connectivity index (χ0v) is 15.6. The smallest absolute Gasteiger partial charge is 0.307 e. The molecule has 1 heterocycles. The van der Waals surface area contributed by atoms with Crippen LogP contribution < -0.4 is 5.32 Å². The molecule has 1 N–H and O–H groups in total. The molecule has 1 fully saturated rings. The Kier molecular flexibility index (Phi) is 6.60. The second-order valence-corrected chi connectivity index (χ2v) is 6.68. The van der Waals surface area contributed by atoms with Gasteiger partial charge in [-0.25, -0.2) is 0 Å². The van der Waals surface area contributed by atoms with Crippen molar-refractivity contribution < 1.29 is 14.3 Å². The third kappa shape index (κ3) is 4.95. The fraction of sp³-hybridized carbons (Fsp3) is 0.364. The number of ether oxygens (including phenoxy) is 1. The minimum Gasteiger partial charge on any atom is -0.466 e. The van der Waals surface area contributed by atoms with Crippen LogP contribution in [-0.2, 0) is 14.3 Å². The topological polar surface area (TPSA) is 58.6 Å². The Hall–Kier alpha value is -2.66. The van der Waals surface area contributed by atoms with Gasteiger partial charge in [0.15, 0.2) is 0 Å². The van der Waals surface area contributed by atoms with E-state index in [0.29, 0.717) is 26.2 Å². The van der Waals surface area contributed by atoms with Crippen LogP contribution in [0.4, 0.5) is 0 Å². The van der Waals surface area contributed by atoms with Crippen LogP contribution in [0.3, 0.4) is 0 Å². The van der Waals surface area contributed by atoms with Gasteiger partial charge in [-0.3, -0.25) is 14.5 Å². The molecule has 1 saturated heterocycles. The highest BCUT2D eigenvalue weighted by atomic mass is 16.5. The molecule has 0 spiro atoms. The average Bonchev–Trinajstić information content (AvgIpc) is 2.70. The Balaban J connectivity index is 1.84. The van der Waals surface area contributed by atoms with Gasteiger partial charge in [-0.1, -0.05) is 60.7 Å². The van der Waals surface area contributed by atoms with E-state index in [-0.39, 0.29) is 24.2 Å². The first kappa shape index (κ1) is 19.1. The predicted molar refractivity (Wildman–Crippen MR) is 104 cm³/mol. The summed E-state index contributed by atoms with van der Waals surface area (Å²) < 4.78 is 5.07. The monoisotopic (exact) mass is 366 g/mol. The van der Waals surface area contributed by atoms with E-state index in [9.17, 15) is 9.59 Å². The number of rotatable bonds is 7. The van der Waals surface area contributed by atoms with E-state index in [1.54, 1.807) is 6.92 Å². The molecule has 0 radical (unpaired) electrons. The Bertz CT molecular complexity index is 709. The number of nitrogens with zero attached hydrogens (tertiary/aromatic N) is 1. The van der Waals surface area contributed by atoms with Crippen LogP contribution in [0.25, 0.3) is 0 Å². The van der Waals surface area contributed by atoms with Crippen LogP contribution >= 0.6 is 0 Å². The quantitative estimate of drug-likeness (QED) is 0.765. The fourth-order valence-corrected chi connectivity index (χ4v) is 3.59. The molecule has 5 nitrogen and oxygen atoms in total. The number of carbonyl (C=O) groups excluding carboxylic acids is 2. The molecule has 1 aliphatic heterocycles. The molecule has 0 saturated carbocycles. The van der Waals surface area contributed by atoms with Crippen LogP contribution in [0, 0.1) is 0 Å². The van der Waals surface area contributed by atoms with Gasteiger partial charge in [-0.2, -0.15) is 0 Å².